The Balaban J connectivity index is 0.000000175. The van der Waals surface area contributed by atoms with Crippen molar-refractivity contribution in [3.8, 4) is 11.3 Å². The fourth-order valence-corrected chi connectivity index (χ4v) is 8.26. The van der Waals surface area contributed by atoms with Crippen LogP contribution in [0.15, 0.2) is 162 Å². The minimum absolute atomic E-state index is 0.292. The number of fused-ring (bicyclic) bond motifs is 5. The van der Waals surface area contributed by atoms with Crippen LogP contribution in [0.5, 0.6) is 0 Å². The number of furan rings is 1. The van der Waals surface area contributed by atoms with E-state index in [0.29, 0.717) is 35.8 Å². The Labute approximate surface area is 401 Å². The molecule has 0 aliphatic heterocycles. The van der Waals surface area contributed by atoms with E-state index in [-0.39, 0.29) is 0 Å². The number of rotatable bonds is 7. The summed E-state index contributed by atoms with van der Waals surface area (Å²) in [6.07, 6.45) is 13.1. The van der Waals surface area contributed by atoms with Gasteiger partial charge in [-0.3, -0.25) is 19.8 Å². The SMILES string of the molecule is CC(C)(C)OC(=O)N(Cc1ccc2cncc(-c3cc4ccccc4o3)c2c1)c1ccnc2ncccc12.CC(C)(C)OC(=O)N(Cc1ccc2cncc(Br)c2c1)c1ccnc2ncccc12. The molecule has 0 aliphatic carbocycles. The Morgan fingerprint density at radius 1 is 0.544 bits per heavy atom. The lowest BCUT2D eigenvalue weighted by molar-refractivity contribution is 0.0567. The van der Waals surface area contributed by atoms with Crippen LogP contribution in [0.1, 0.15) is 52.7 Å². The lowest BCUT2D eigenvalue weighted by Crippen LogP contribution is -2.36. The van der Waals surface area contributed by atoms with E-state index < -0.39 is 23.4 Å². The van der Waals surface area contributed by atoms with E-state index in [1.807, 2.05) is 151 Å². The summed E-state index contributed by atoms with van der Waals surface area (Å²) in [6, 6.07) is 33.2. The molecule has 10 aromatic rings. The Morgan fingerprint density at radius 2 is 1.06 bits per heavy atom. The predicted molar refractivity (Wildman–Crippen MR) is 270 cm³/mol. The van der Waals surface area contributed by atoms with Gasteiger partial charge in [-0.2, -0.15) is 0 Å². The molecule has 3 aromatic carbocycles. The van der Waals surface area contributed by atoms with Gasteiger partial charge in [-0.1, -0.05) is 42.5 Å². The molecule has 0 aliphatic rings. The first kappa shape index (κ1) is 45.3. The largest absolute Gasteiger partial charge is 0.456 e. The van der Waals surface area contributed by atoms with Crippen LogP contribution < -0.4 is 9.80 Å². The standard InChI is InChI=1S/C31H26N4O3.C23H21BrN4O2/c1-31(2,3)38-30(36)35(26-12-14-34-29-23(26)8-6-13-33-29)19-20-10-11-22-17-32-18-25(24(22)15-20)28-16-21-7-4-5-9-27(21)37-28;1-23(2,3)30-22(29)28(20-8-10-27-21-17(20)5-4-9-26-21)14-15-6-7-16-12-25-13-19(24)18(16)11-15/h4-18H,19H2,1-3H3;4-13H,14H2,1-3H3. The number of ether oxygens (including phenoxy) is 2. The monoisotopic (exact) mass is 966 g/mol. The zero-order chi connectivity index (χ0) is 47.6. The molecule has 0 fully saturated rings. The van der Waals surface area contributed by atoms with Gasteiger partial charge in [0, 0.05) is 86.5 Å². The molecule has 0 unspecified atom stereocenters. The predicted octanol–water partition coefficient (Wildman–Crippen LogP) is 13.4. The van der Waals surface area contributed by atoms with E-state index in [1.54, 1.807) is 40.8 Å². The summed E-state index contributed by atoms with van der Waals surface area (Å²) in [5.41, 5.74) is 4.88. The van der Waals surface area contributed by atoms with E-state index in [2.05, 4.69) is 58.0 Å². The molecular weight excluding hydrogens is 921 g/mol. The highest BCUT2D eigenvalue weighted by Crippen LogP contribution is 2.35. The molecule has 0 bridgehead atoms. The molecule has 7 heterocycles. The Kier molecular flexibility index (Phi) is 12.5. The van der Waals surface area contributed by atoms with Crippen LogP contribution in [0.3, 0.4) is 0 Å². The maximum atomic E-state index is 13.5. The van der Waals surface area contributed by atoms with Gasteiger partial charge in [0.15, 0.2) is 11.3 Å². The number of halogens is 1. The average molecular weight is 968 g/mol. The molecule has 340 valence electrons. The first-order chi connectivity index (χ1) is 32.7. The smallest absolute Gasteiger partial charge is 0.415 e. The minimum atomic E-state index is -0.653. The van der Waals surface area contributed by atoms with Gasteiger partial charge >= 0.3 is 12.2 Å². The molecule has 13 nitrogen and oxygen atoms in total. The van der Waals surface area contributed by atoms with E-state index in [4.69, 9.17) is 13.9 Å². The van der Waals surface area contributed by atoms with Crippen molar-refractivity contribution in [2.75, 3.05) is 9.80 Å². The van der Waals surface area contributed by atoms with Crippen LogP contribution in [0, 0.1) is 0 Å². The molecule has 0 N–H and O–H groups in total. The van der Waals surface area contributed by atoms with E-state index >= 15 is 0 Å². The van der Waals surface area contributed by atoms with Crippen LogP contribution in [-0.4, -0.2) is 53.3 Å². The number of aromatic nitrogens is 6. The number of anilines is 2. The van der Waals surface area contributed by atoms with E-state index in [0.717, 1.165) is 70.2 Å². The number of carbonyl (C=O) groups excluding carboxylic acids is 2. The van der Waals surface area contributed by atoms with Crippen LogP contribution in [0.4, 0.5) is 21.0 Å². The van der Waals surface area contributed by atoms with Crippen LogP contribution in [0.25, 0.3) is 65.9 Å². The quantitative estimate of drug-likeness (QED) is 0.150. The van der Waals surface area contributed by atoms with Gasteiger partial charge in [0.1, 0.15) is 22.5 Å². The molecule has 0 saturated heterocycles. The number of pyridine rings is 6. The highest BCUT2D eigenvalue weighted by atomic mass is 79.9. The third kappa shape index (κ3) is 10.1. The molecule has 10 rings (SSSR count). The Hall–Kier alpha value is -7.84. The number of carbonyl (C=O) groups is 2. The van der Waals surface area contributed by atoms with E-state index in [1.165, 1.54) is 0 Å². The maximum Gasteiger partial charge on any atom is 0.415 e. The van der Waals surface area contributed by atoms with Crippen molar-refractivity contribution in [3.63, 3.8) is 0 Å². The average Bonchev–Trinajstić information content (AvgIpc) is 3.76. The van der Waals surface area contributed by atoms with Gasteiger partial charge in [-0.25, -0.2) is 29.5 Å². The van der Waals surface area contributed by atoms with Crippen LogP contribution in [0.2, 0.25) is 0 Å². The van der Waals surface area contributed by atoms with Gasteiger partial charge < -0.3 is 13.9 Å². The number of hydrogen-bond acceptors (Lipinski definition) is 11. The van der Waals surface area contributed by atoms with E-state index in [9.17, 15) is 9.59 Å². The van der Waals surface area contributed by atoms with Crippen molar-refractivity contribution in [1.29, 1.82) is 0 Å². The fourth-order valence-electron chi connectivity index (χ4n) is 7.80. The highest BCUT2D eigenvalue weighted by Gasteiger charge is 2.27. The van der Waals surface area contributed by atoms with Crippen LogP contribution in [-0.2, 0) is 22.6 Å². The van der Waals surface area contributed by atoms with Crippen molar-refractivity contribution in [2.45, 2.75) is 65.8 Å². The summed E-state index contributed by atoms with van der Waals surface area (Å²) in [5, 5.41) is 6.62. The first-order valence-electron chi connectivity index (χ1n) is 22.0. The molecule has 0 radical (unpaired) electrons. The highest BCUT2D eigenvalue weighted by molar-refractivity contribution is 9.10. The molecule has 0 spiro atoms. The van der Waals surface area contributed by atoms with Crippen molar-refractivity contribution in [1.82, 2.24) is 29.9 Å². The number of nitrogens with zero attached hydrogens (tertiary/aromatic N) is 8. The molecule has 2 amide bonds. The fraction of sp³-hybridized carbons (Fsp3) is 0.185. The third-order valence-corrected chi connectivity index (χ3v) is 11.4. The number of para-hydroxylation sites is 1. The third-order valence-electron chi connectivity index (χ3n) is 10.8. The van der Waals surface area contributed by atoms with Gasteiger partial charge in [0.05, 0.1) is 24.5 Å². The molecule has 0 saturated carbocycles. The summed E-state index contributed by atoms with van der Waals surface area (Å²) in [4.78, 5) is 56.0. The summed E-state index contributed by atoms with van der Waals surface area (Å²) >= 11 is 3.56. The molecule has 0 atom stereocenters. The van der Waals surface area contributed by atoms with Gasteiger partial charge in [0.25, 0.3) is 0 Å². The summed E-state index contributed by atoms with van der Waals surface area (Å²) in [6.45, 7) is 11.8. The maximum absolute atomic E-state index is 13.5. The zero-order valence-corrected chi connectivity index (χ0v) is 39.9. The second-order valence-electron chi connectivity index (χ2n) is 18.1. The van der Waals surface area contributed by atoms with Crippen molar-refractivity contribution in [3.05, 3.63) is 168 Å². The molecule has 14 heteroatoms. The zero-order valence-electron chi connectivity index (χ0n) is 38.3. The Bertz CT molecular complexity index is 3450. The van der Waals surface area contributed by atoms with Crippen molar-refractivity contribution < 1.29 is 23.5 Å². The van der Waals surface area contributed by atoms with Crippen molar-refractivity contribution >= 4 is 94.1 Å². The van der Waals surface area contributed by atoms with Gasteiger partial charge in [-0.05, 0) is 140 Å². The molecule has 7 aromatic heterocycles. The number of amides is 2. The van der Waals surface area contributed by atoms with Gasteiger partial charge in [0.2, 0.25) is 0 Å². The number of hydrogen-bond donors (Lipinski definition) is 0. The molecule has 68 heavy (non-hydrogen) atoms. The summed E-state index contributed by atoms with van der Waals surface area (Å²) in [7, 11) is 0. The summed E-state index contributed by atoms with van der Waals surface area (Å²) < 4.78 is 18.6. The normalized spacial score (nSPS) is 11.7. The lowest BCUT2D eigenvalue weighted by Gasteiger charge is -2.28. The van der Waals surface area contributed by atoms with Crippen LogP contribution >= 0.6 is 15.9 Å². The van der Waals surface area contributed by atoms with Gasteiger partial charge in [-0.15, -0.1) is 0 Å². The Morgan fingerprint density at radius 3 is 1.62 bits per heavy atom. The van der Waals surface area contributed by atoms with Crippen molar-refractivity contribution in [2.24, 2.45) is 0 Å². The minimum Gasteiger partial charge on any atom is -0.456 e. The summed E-state index contributed by atoms with van der Waals surface area (Å²) in [5.74, 6) is 0.747. The first-order valence-corrected chi connectivity index (χ1v) is 22.7. The lowest BCUT2D eigenvalue weighted by atomic mass is 10.0. The molecular formula is C54H47BrN8O5. The second kappa shape index (κ2) is 18.8. The number of benzene rings is 3. The second-order valence-corrected chi connectivity index (χ2v) is 19.0. The topological polar surface area (TPSA) is 150 Å².